The van der Waals surface area contributed by atoms with E-state index in [2.05, 4.69) is 24.7 Å². The quantitative estimate of drug-likeness (QED) is 0.500. The van der Waals surface area contributed by atoms with Crippen molar-refractivity contribution in [2.75, 3.05) is 26.7 Å². The summed E-state index contributed by atoms with van der Waals surface area (Å²) in [5.41, 5.74) is 0.547. The maximum absolute atomic E-state index is 2.62. The van der Waals surface area contributed by atoms with Gasteiger partial charge in [0.1, 0.15) is 0 Å². The van der Waals surface area contributed by atoms with E-state index in [4.69, 9.17) is 0 Å². The lowest BCUT2D eigenvalue weighted by atomic mass is 9.78. The Morgan fingerprint density at radius 1 is 1.08 bits per heavy atom. The molecule has 2 rings (SSSR count). The topological polar surface area (TPSA) is 6.48 Å². The number of piperidine rings is 2. The fraction of sp³-hybridized carbons (Fsp3) is 1.00. The van der Waals surface area contributed by atoms with Crippen molar-refractivity contribution < 1.29 is 0 Å². The Balaban J connectivity index is 2.07. The van der Waals surface area contributed by atoms with E-state index in [1.807, 2.05) is 0 Å². The van der Waals surface area contributed by atoms with Crippen LogP contribution in [0.1, 0.15) is 32.1 Å². The highest BCUT2D eigenvalue weighted by Crippen LogP contribution is 2.34. The van der Waals surface area contributed by atoms with Gasteiger partial charge in [0, 0.05) is 12.1 Å². The van der Waals surface area contributed by atoms with Gasteiger partial charge < -0.3 is 9.71 Å². The predicted molar refractivity (Wildman–Crippen MR) is 58.6 cm³/mol. The van der Waals surface area contributed by atoms with Crippen LogP contribution in [0.5, 0.6) is 0 Å². The highest BCUT2D eigenvalue weighted by Gasteiger charge is 2.38. The zero-order chi connectivity index (χ0) is 9.31. The molecule has 0 amide bonds. The molecular weight excluding hydrogens is 159 g/mol. The number of likely N-dealkylation sites (N-methyl/N-ethyl adjacent to an activating group) is 1. The summed E-state index contributed by atoms with van der Waals surface area (Å²) in [6, 6.07) is 0. The van der Waals surface area contributed by atoms with Crippen LogP contribution in [0.3, 0.4) is 0 Å². The molecule has 1 atom stereocenters. The number of nitrogens with zero attached hydrogens (tertiary/aromatic N) is 2. The van der Waals surface area contributed by atoms with Crippen LogP contribution >= 0.6 is 0 Å². The lowest BCUT2D eigenvalue weighted by Gasteiger charge is -2.51. The molecule has 0 aliphatic carbocycles. The minimum Gasteiger partial charge on any atom is -0.343 e. The van der Waals surface area contributed by atoms with Crippen LogP contribution in [0, 0.1) is 0 Å². The Morgan fingerprint density at radius 3 is 2.54 bits per heavy atom. The third kappa shape index (κ3) is 1.77. The summed E-state index contributed by atoms with van der Waals surface area (Å²) in [5, 5.41) is 0. The molecule has 2 saturated heterocycles. The summed E-state index contributed by atoms with van der Waals surface area (Å²) >= 11 is 0. The highest BCUT2D eigenvalue weighted by atomic mass is 15.2. The van der Waals surface area contributed by atoms with Gasteiger partial charge in [-0.15, -0.1) is 0 Å². The van der Waals surface area contributed by atoms with Crippen molar-refractivity contribution in [1.82, 2.24) is 9.71 Å². The van der Waals surface area contributed by atoms with Gasteiger partial charge in [-0.2, -0.15) is 0 Å². The second kappa shape index (κ2) is 3.62. The SMILES string of the molecule is BN1CCCCC12CCCN(C)C2. The zero-order valence-electron chi connectivity index (χ0n) is 9.05. The summed E-state index contributed by atoms with van der Waals surface area (Å²) in [6.45, 7) is 3.91. The highest BCUT2D eigenvalue weighted by molar-refractivity contribution is 6.05. The van der Waals surface area contributed by atoms with Gasteiger partial charge in [0.05, 0.1) is 0 Å². The number of likely N-dealkylation sites (tertiary alicyclic amines) is 1. The molecule has 3 heteroatoms. The van der Waals surface area contributed by atoms with Gasteiger partial charge in [-0.05, 0) is 45.8 Å². The number of hydrogen-bond acceptors (Lipinski definition) is 2. The summed E-state index contributed by atoms with van der Waals surface area (Å²) in [7, 11) is 4.58. The molecule has 0 saturated carbocycles. The molecule has 2 nitrogen and oxygen atoms in total. The van der Waals surface area contributed by atoms with Crippen LogP contribution in [0.2, 0.25) is 0 Å². The maximum Gasteiger partial charge on any atom is 0.186 e. The smallest absolute Gasteiger partial charge is 0.186 e. The molecule has 0 bridgehead atoms. The third-order valence-corrected chi connectivity index (χ3v) is 3.94. The molecule has 0 aromatic carbocycles. The molecule has 2 aliphatic rings. The van der Waals surface area contributed by atoms with Crippen molar-refractivity contribution in [3.8, 4) is 0 Å². The molecule has 0 aromatic heterocycles. The van der Waals surface area contributed by atoms with Crippen molar-refractivity contribution in [2.24, 2.45) is 0 Å². The van der Waals surface area contributed by atoms with Crippen molar-refractivity contribution >= 4 is 7.98 Å². The molecule has 2 fully saturated rings. The fourth-order valence-electron chi connectivity index (χ4n) is 3.09. The van der Waals surface area contributed by atoms with E-state index in [1.165, 1.54) is 51.7 Å². The minimum absolute atomic E-state index is 0.547. The first-order valence-corrected chi connectivity index (χ1v) is 5.63. The first-order chi connectivity index (χ1) is 6.23. The first-order valence-electron chi connectivity index (χ1n) is 5.63. The summed E-state index contributed by atoms with van der Waals surface area (Å²) in [4.78, 5) is 5.12. The van der Waals surface area contributed by atoms with Crippen LogP contribution in [-0.4, -0.2) is 49.9 Å². The Morgan fingerprint density at radius 2 is 1.85 bits per heavy atom. The Bertz CT molecular complexity index is 182. The van der Waals surface area contributed by atoms with Gasteiger partial charge >= 0.3 is 0 Å². The average Bonchev–Trinajstić information content (AvgIpc) is 2.11. The molecular formula is C10H21BN2. The standard InChI is InChI=1S/C10H21BN2/c1-12-7-4-6-10(9-12)5-2-3-8-13(10)11/h2-9,11H2,1H3. The van der Waals surface area contributed by atoms with Crippen LogP contribution in [0.4, 0.5) is 0 Å². The van der Waals surface area contributed by atoms with E-state index in [-0.39, 0.29) is 0 Å². The van der Waals surface area contributed by atoms with Gasteiger partial charge in [0.25, 0.3) is 0 Å². The van der Waals surface area contributed by atoms with E-state index >= 15 is 0 Å². The summed E-state index contributed by atoms with van der Waals surface area (Å²) in [5.74, 6) is 0. The number of rotatable bonds is 0. The van der Waals surface area contributed by atoms with E-state index in [0.29, 0.717) is 5.54 Å². The normalized spacial score (nSPS) is 38.2. The molecule has 74 valence electrons. The fourth-order valence-corrected chi connectivity index (χ4v) is 3.09. The van der Waals surface area contributed by atoms with Crippen molar-refractivity contribution in [1.29, 1.82) is 0 Å². The molecule has 0 radical (unpaired) electrons. The monoisotopic (exact) mass is 180 g/mol. The van der Waals surface area contributed by atoms with E-state index in [1.54, 1.807) is 0 Å². The molecule has 0 N–H and O–H groups in total. The second-order valence-electron chi connectivity index (χ2n) is 4.94. The van der Waals surface area contributed by atoms with Crippen LogP contribution < -0.4 is 0 Å². The average molecular weight is 180 g/mol. The molecule has 2 aliphatic heterocycles. The van der Waals surface area contributed by atoms with Crippen LogP contribution in [0.15, 0.2) is 0 Å². The maximum atomic E-state index is 2.62. The van der Waals surface area contributed by atoms with E-state index < -0.39 is 0 Å². The first kappa shape index (κ1) is 9.54. The lowest BCUT2D eigenvalue weighted by Crippen LogP contribution is -2.59. The summed E-state index contributed by atoms with van der Waals surface area (Å²) in [6.07, 6.45) is 7.09. The molecule has 13 heavy (non-hydrogen) atoms. The Hall–Kier alpha value is -0.0151. The van der Waals surface area contributed by atoms with Crippen molar-refractivity contribution in [3.05, 3.63) is 0 Å². The zero-order valence-corrected chi connectivity index (χ0v) is 9.05. The van der Waals surface area contributed by atoms with Crippen LogP contribution in [0.25, 0.3) is 0 Å². The molecule has 2 heterocycles. The van der Waals surface area contributed by atoms with Gasteiger partial charge in [-0.3, -0.25) is 0 Å². The minimum atomic E-state index is 0.547. The van der Waals surface area contributed by atoms with Gasteiger partial charge in [-0.1, -0.05) is 6.42 Å². The second-order valence-corrected chi connectivity index (χ2v) is 4.94. The largest absolute Gasteiger partial charge is 0.343 e. The molecule has 0 aromatic rings. The van der Waals surface area contributed by atoms with Gasteiger partial charge in [-0.25, -0.2) is 0 Å². The molecule has 1 unspecified atom stereocenters. The van der Waals surface area contributed by atoms with Gasteiger partial charge in [0.15, 0.2) is 7.98 Å². The summed E-state index contributed by atoms with van der Waals surface area (Å²) < 4.78 is 0. The Kier molecular flexibility index (Phi) is 2.66. The van der Waals surface area contributed by atoms with Crippen LogP contribution in [-0.2, 0) is 0 Å². The Labute approximate surface area is 82.7 Å². The third-order valence-electron chi connectivity index (χ3n) is 3.94. The van der Waals surface area contributed by atoms with E-state index in [0.717, 1.165) is 0 Å². The van der Waals surface area contributed by atoms with Gasteiger partial charge in [0.2, 0.25) is 0 Å². The predicted octanol–water partition coefficient (Wildman–Crippen LogP) is 0.485. The molecule has 1 spiro atoms. The number of hydrogen-bond donors (Lipinski definition) is 0. The van der Waals surface area contributed by atoms with Crippen molar-refractivity contribution in [3.63, 3.8) is 0 Å². The van der Waals surface area contributed by atoms with E-state index in [9.17, 15) is 0 Å². The van der Waals surface area contributed by atoms with Crippen molar-refractivity contribution in [2.45, 2.75) is 37.6 Å². The lowest BCUT2D eigenvalue weighted by molar-refractivity contribution is 0.0493.